The number of primary amides is 1. The molecule has 5 rings (SSSR count). The van der Waals surface area contributed by atoms with Gasteiger partial charge >= 0.3 is 6.03 Å². The average molecular weight is 445 g/mol. The SMILES string of the molecule is CCCN1CC(CC(NC(N)=O)C(=O)c2ccccc2)C[C@@H]2c3cccc4[nH]cc(c34)C[C@H]21. The number of hydrogen-bond donors (Lipinski definition) is 3. The molecule has 2 amide bonds. The van der Waals surface area contributed by atoms with Gasteiger partial charge in [0.1, 0.15) is 0 Å². The fraction of sp³-hybridized carbons (Fsp3) is 0.407. The highest BCUT2D eigenvalue weighted by atomic mass is 16.2. The van der Waals surface area contributed by atoms with Crippen molar-refractivity contribution in [1.29, 1.82) is 0 Å². The summed E-state index contributed by atoms with van der Waals surface area (Å²) in [7, 11) is 0. The largest absolute Gasteiger partial charge is 0.361 e. The van der Waals surface area contributed by atoms with Gasteiger partial charge in [0.25, 0.3) is 0 Å². The van der Waals surface area contributed by atoms with Gasteiger partial charge in [-0.25, -0.2) is 4.79 Å². The summed E-state index contributed by atoms with van der Waals surface area (Å²) in [6, 6.07) is 15.0. The lowest BCUT2D eigenvalue weighted by molar-refractivity contribution is 0.0719. The molecule has 1 aliphatic carbocycles. The van der Waals surface area contributed by atoms with E-state index in [1.54, 1.807) is 12.1 Å². The van der Waals surface area contributed by atoms with E-state index < -0.39 is 12.1 Å². The van der Waals surface area contributed by atoms with E-state index in [1.165, 1.54) is 22.0 Å². The second-order valence-electron chi connectivity index (χ2n) is 9.59. The van der Waals surface area contributed by atoms with Gasteiger partial charge in [-0.1, -0.05) is 49.4 Å². The van der Waals surface area contributed by atoms with E-state index in [2.05, 4.69) is 46.5 Å². The van der Waals surface area contributed by atoms with Crippen molar-refractivity contribution in [3.05, 3.63) is 71.4 Å². The van der Waals surface area contributed by atoms with E-state index in [0.29, 0.717) is 23.9 Å². The molecular formula is C27H32N4O2. The summed E-state index contributed by atoms with van der Waals surface area (Å²) in [6.07, 6.45) is 5.92. The smallest absolute Gasteiger partial charge is 0.312 e. The summed E-state index contributed by atoms with van der Waals surface area (Å²) >= 11 is 0. The third kappa shape index (κ3) is 4.15. The average Bonchev–Trinajstić information content (AvgIpc) is 3.23. The molecule has 4 N–H and O–H groups in total. The highest BCUT2D eigenvalue weighted by Crippen LogP contribution is 2.45. The molecule has 1 fully saturated rings. The molecule has 6 heteroatoms. The van der Waals surface area contributed by atoms with Crippen LogP contribution in [0.4, 0.5) is 4.79 Å². The molecule has 0 bridgehead atoms. The molecule has 0 spiro atoms. The van der Waals surface area contributed by atoms with Crippen LogP contribution < -0.4 is 11.1 Å². The Bertz CT molecular complexity index is 1160. The monoisotopic (exact) mass is 444 g/mol. The van der Waals surface area contributed by atoms with Crippen molar-refractivity contribution in [2.24, 2.45) is 11.7 Å². The van der Waals surface area contributed by atoms with Gasteiger partial charge in [-0.15, -0.1) is 0 Å². The number of rotatable bonds is 7. The first-order valence-electron chi connectivity index (χ1n) is 12.0. The zero-order valence-corrected chi connectivity index (χ0v) is 19.1. The maximum atomic E-state index is 13.2. The van der Waals surface area contributed by atoms with Crippen LogP contribution in [0.25, 0.3) is 10.9 Å². The molecule has 1 aliphatic heterocycles. The number of benzene rings is 2. The first-order valence-corrected chi connectivity index (χ1v) is 12.0. The van der Waals surface area contributed by atoms with Crippen molar-refractivity contribution in [3.8, 4) is 0 Å². The van der Waals surface area contributed by atoms with Gasteiger partial charge in [0, 0.05) is 41.2 Å². The van der Waals surface area contributed by atoms with Crippen molar-refractivity contribution in [2.45, 2.75) is 50.6 Å². The Morgan fingerprint density at radius 3 is 2.76 bits per heavy atom. The number of hydrogen-bond acceptors (Lipinski definition) is 3. The number of nitrogens with zero attached hydrogens (tertiary/aromatic N) is 1. The summed E-state index contributed by atoms with van der Waals surface area (Å²) < 4.78 is 0. The Kier molecular flexibility index (Phi) is 5.94. The number of aromatic nitrogens is 1. The second kappa shape index (κ2) is 9.02. The molecule has 3 aromatic rings. The zero-order valence-electron chi connectivity index (χ0n) is 19.1. The molecule has 0 radical (unpaired) electrons. The normalized spacial score (nSPS) is 23.1. The maximum absolute atomic E-state index is 13.2. The van der Waals surface area contributed by atoms with Crippen LogP contribution in [0, 0.1) is 5.92 Å². The van der Waals surface area contributed by atoms with Crippen LogP contribution in [0.2, 0.25) is 0 Å². The lowest BCUT2D eigenvalue weighted by atomic mass is 9.71. The molecule has 172 valence electrons. The first kappa shape index (κ1) is 21.7. The Morgan fingerprint density at radius 2 is 2.00 bits per heavy atom. The minimum atomic E-state index is -0.650. The number of urea groups is 1. The molecule has 33 heavy (non-hydrogen) atoms. The number of nitrogens with two attached hydrogens (primary N) is 1. The molecule has 4 atom stereocenters. The van der Waals surface area contributed by atoms with Crippen molar-refractivity contribution in [3.63, 3.8) is 0 Å². The van der Waals surface area contributed by atoms with Crippen molar-refractivity contribution < 1.29 is 9.59 Å². The van der Waals surface area contributed by atoms with E-state index in [1.807, 2.05) is 18.2 Å². The summed E-state index contributed by atoms with van der Waals surface area (Å²) in [5.41, 5.74) is 10.1. The van der Waals surface area contributed by atoms with E-state index in [4.69, 9.17) is 5.73 Å². The second-order valence-corrected chi connectivity index (χ2v) is 9.59. The van der Waals surface area contributed by atoms with Crippen LogP contribution in [0.5, 0.6) is 0 Å². The fourth-order valence-corrected chi connectivity index (χ4v) is 6.15. The molecule has 2 heterocycles. The summed E-state index contributed by atoms with van der Waals surface area (Å²) in [5, 5.41) is 4.12. The van der Waals surface area contributed by atoms with Gasteiger partial charge in [-0.05, 0) is 55.3 Å². The summed E-state index contributed by atoms with van der Waals surface area (Å²) in [6.45, 7) is 4.19. The van der Waals surface area contributed by atoms with E-state index in [9.17, 15) is 9.59 Å². The standard InChI is InChI=1S/C27H32N4O2/c1-2-11-31-16-17(13-23(30-27(28)33)26(32)18-7-4-3-5-8-18)12-21-20-9-6-10-22-25(20)19(15-29-22)14-24(21)31/h3-10,15,17,21,23-24,29H,2,11-14,16H2,1H3,(H3,28,30,33)/t17?,21-,23?,24-/m1/s1. The van der Waals surface area contributed by atoms with Crippen molar-refractivity contribution in [1.82, 2.24) is 15.2 Å². The Labute approximate surface area is 194 Å². The predicted octanol–water partition coefficient (Wildman–Crippen LogP) is 4.22. The number of amides is 2. The Morgan fingerprint density at radius 1 is 1.18 bits per heavy atom. The highest BCUT2D eigenvalue weighted by molar-refractivity contribution is 6.01. The zero-order chi connectivity index (χ0) is 22.9. The molecule has 2 aromatic carbocycles. The Balaban J connectivity index is 1.44. The molecular weight excluding hydrogens is 412 g/mol. The van der Waals surface area contributed by atoms with E-state index in [-0.39, 0.29) is 11.7 Å². The van der Waals surface area contributed by atoms with Crippen LogP contribution in [0.3, 0.4) is 0 Å². The van der Waals surface area contributed by atoms with Gasteiger partial charge in [-0.3, -0.25) is 9.69 Å². The number of nitrogens with one attached hydrogen (secondary N) is 2. The number of likely N-dealkylation sites (tertiary alicyclic amines) is 1. The van der Waals surface area contributed by atoms with Gasteiger partial charge in [0.15, 0.2) is 5.78 Å². The van der Waals surface area contributed by atoms with Crippen LogP contribution in [-0.4, -0.2) is 46.9 Å². The van der Waals surface area contributed by atoms with Crippen LogP contribution in [0.15, 0.2) is 54.7 Å². The summed E-state index contributed by atoms with van der Waals surface area (Å²) in [5.74, 6) is 0.638. The van der Waals surface area contributed by atoms with Gasteiger partial charge in [-0.2, -0.15) is 0 Å². The fourth-order valence-electron chi connectivity index (χ4n) is 6.15. The van der Waals surface area contributed by atoms with Crippen LogP contribution >= 0.6 is 0 Å². The number of carbonyl (C=O) groups excluding carboxylic acids is 2. The van der Waals surface area contributed by atoms with Crippen molar-refractivity contribution in [2.75, 3.05) is 13.1 Å². The molecule has 2 unspecified atom stereocenters. The third-order valence-corrected chi connectivity index (χ3v) is 7.43. The minimum absolute atomic E-state index is 0.0720. The van der Waals surface area contributed by atoms with E-state index in [0.717, 1.165) is 32.4 Å². The number of carbonyl (C=O) groups is 2. The number of piperidine rings is 1. The third-order valence-electron chi connectivity index (χ3n) is 7.43. The number of Topliss-reactive ketones (excluding diaryl/α,β-unsaturated/α-hetero) is 1. The van der Waals surface area contributed by atoms with E-state index >= 15 is 0 Å². The van der Waals surface area contributed by atoms with Gasteiger partial charge in [0.2, 0.25) is 0 Å². The van der Waals surface area contributed by atoms with Crippen LogP contribution in [-0.2, 0) is 6.42 Å². The minimum Gasteiger partial charge on any atom is -0.361 e. The lowest BCUT2D eigenvalue weighted by Gasteiger charge is -2.47. The molecule has 1 saturated heterocycles. The number of H-pyrrole nitrogens is 1. The van der Waals surface area contributed by atoms with Crippen LogP contribution in [0.1, 0.15) is 53.6 Å². The Hall–Kier alpha value is -3.12. The molecule has 6 nitrogen and oxygen atoms in total. The molecule has 0 saturated carbocycles. The van der Waals surface area contributed by atoms with Crippen molar-refractivity contribution >= 4 is 22.7 Å². The number of aromatic amines is 1. The van der Waals surface area contributed by atoms with Gasteiger partial charge in [0.05, 0.1) is 6.04 Å². The number of ketones is 1. The predicted molar refractivity (Wildman–Crippen MR) is 130 cm³/mol. The molecule has 2 aliphatic rings. The first-order chi connectivity index (χ1) is 16.0. The lowest BCUT2D eigenvalue weighted by Crippen LogP contribution is -2.52. The quantitative estimate of drug-likeness (QED) is 0.477. The molecule has 1 aromatic heterocycles. The highest BCUT2D eigenvalue weighted by Gasteiger charge is 2.41. The maximum Gasteiger partial charge on any atom is 0.312 e. The number of fused-ring (bicyclic) bond motifs is 2. The summed E-state index contributed by atoms with van der Waals surface area (Å²) in [4.78, 5) is 31.1. The topological polar surface area (TPSA) is 91.2 Å². The van der Waals surface area contributed by atoms with Gasteiger partial charge < -0.3 is 16.0 Å².